The Morgan fingerprint density at radius 1 is 1.07 bits per heavy atom. The SMILES string of the molecule is CC1=C2CC[C@]3(C)CCC[C@@H](O)[C@H]3[C@H](OCOCC[Si](C)(C)C)[C@H](CC1)C2(C)C. The molecule has 2 saturated carbocycles. The van der Waals surface area contributed by atoms with E-state index in [1.54, 1.807) is 11.1 Å². The minimum atomic E-state index is -1.09. The summed E-state index contributed by atoms with van der Waals surface area (Å²) in [4.78, 5) is 0. The fourth-order valence-corrected chi connectivity index (χ4v) is 7.40. The number of aliphatic hydroxyl groups is 1. The van der Waals surface area contributed by atoms with Gasteiger partial charge in [-0.05, 0) is 68.2 Å². The van der Waals surface area contributed by atoms with Gasteiger partial charge in [-0.15, -0.1) is 0 Å². The van der Waals surface area contributed by atoms with Gasteiger partial charge in [0.15, 0.2) is 0 Å². The minimum Gasteiger partial charge on any atom is -0.393 e. The highest BCUT2D eigenvalue weighted by Crippen LogP contribution is 2.58. The lowest BCUT2D eigenvalue weighted by Gasteiger charge is -2.56. The molecule has 3 nitrogen and oxygen atoms in total. The van der Waals surface area contributed by atoms with Crippen LogP contribution in [-0.4, -0.2) is 38.8 Å². The van der Waals surface area contributed by atoms with Gasteiger partial charge in [-0.3, -0.25) is 0 Å². The van der Waals surface area contributed by atoms with Crippen molar-refractivity contribution in [1.82, 2.24) is 0 Å². The molecule has 0 aliphatic heterocycles. The van der Waals surface area contributed by atoms with Gasteiger partial charge in [-0.25, -0.2) is 0 Å². The Labute approximate surface area is 180 Å². The van der Waals surface area contributed by atoms with E-state index >= 15 is 0 Å². The molecule has 4 heteroatoms. The molecule has 0 saturated heterocycles. The maximum atomic E-state index is 11.2. The lowest BCUT2D eigenvalue weighted by atomic mass is 9.51. The first kappa shape index (κ1) is 23.5. The molecule has 3 rings (SSSR count). The zero-order valence-electron chi connectivity index (χ0n) is 20.1. The average Bonchev–Trinajstić information content (AvgIpc) is 2.58. The molecule has 0 aromatic heterocycles. The van der Waals surface area contributed by atoms with Gasteiger partial charge in [0, 0.05) is 20.6 Å². The molecule has 0 heterocycles. The second-order valence-electron chi connectivity index (χ2n) is 12.2. The molecule has 29 heavy (non-hydrogen) atoms. The first-order valence-electron chi connectivity index (χ1n) is 12.0. The van der Waals surface area contributed by atoms with Crippen LogP contribution in [0.15, 0.2) is 11.1 Å². The van der Waals surface area contributed by atoms with Crippen LogP contribution in [0.4, 0.5) is 0 Å². The van der Waals surface area contributed by atoms with Crippen LogP contribution in [0, 0.1) is 22.7 Å². The molecule has 2 bridgehead atoms. The maximum Gasteiger partial charge on any atom is 0.147 e. The topological polar surface area (TPSA) is 38.7 Å². The standard InChI is InChI=1S/C25H46O3Si/c1-18-10-11-20-23(28-17-27-15-16-29(5,6)7)22-21(26)9-8-13-25(22,4)14-12-19(18)24(20,2)3/h20-23,26H,8-17H2,1-7H3/t20-,21+,22-,23+,25-/m0/s1. The van der Waals surface area contributed by atoms with Crippen LogP contribution in [-0.2, 0) is 9.47 Å². The number of aliphatic hydroxyl groups excluding tert-OH is 1. The number of hydrogen-bond acceptors (Lipinski definition) is 3. The molecule has 3 aliphatic carbocycles. The first-order chi connectivity index (χ1) is 13.5. The van der Waals surface area contributed by atoms with E-state index in [9.17, 15) is 5.11 Å². The van der Waals surface area contributed by atoms with Gasteiger partial charge in [0.05, 0.1) is 12.2 Å². The highest BCUT2D eigenvalue weighted by molar-refractivity contribution is 6.76. The van der Waals surface area contributed by atoms with Crippen LogP contribution in [0.25, 0.3) is 0 Å². The van der Waals surface area contributed by atoms with Crippen molar-refractivity contribution in [2.45, 2.75) is 111 Å². The van der Waals surface area contributed by atoms with Gasteiger partial charge in [0.2, 0.25) is 0 Å². The smallest absolute Gasteiger partial charge is 0.147 e. The van der Waals surface area contributed by atoms with E-state index in [-0.39, 0.29) is 29.0 Å². The quantitative estimate of drug-likeness (QED) is 0.233. The fraction of sp³-hybridized carbons (Fsp3) is 0.920. The van der Waals surface area contributed by atoms with E-state index in [2.05, 4.69) is 47.3 Å². The Kier molecular flexibility index (Phi) is 7.10. The summed E-state index contributed by atoms with van der Waals surface area (Å²) in [6.45, 7) is 18.0. The van der Waals surface area contributed by atoms with Gasteiger partial charge in [-0.1, -0.05) is 58.0 Å². The summed E-state index contributed by atoms with van der Waals surface area (Å²) in [7, 11) is -1.09. The predicted octanol–water partition coefficient (Wildman–Crippen LogP) is 6.40. The van der Waals surface area contributed by atoms with E-state index in [0.717, 1.165) is 19.4 Å². The molecule has 3 aliphatic rings. The normalized spacial score (nSPS) is 37.7. The number of ether oxygens (including phenoxy) is 2. The zero-order chi connectivity index (χ0) is 21.4. The lowest BCUT2D eigenvalue weighted by molar-refractivity contribution is -0.191. The molecule has 0 unspecified atom stereocenters. The van der Waals surface area contributed by atoms with Gasteiger partial charge in [0.25, 0.3) is 0 Å². The second kappa shape index (κ2) is 8.76. The number of allylic oxidation sites excluding steroid dienone is 2. The van der Waals surface area contributed by atoms with Crippen LogP contribution in [0.2, 0.25) is 25.7 Å². The third-order valence-corrected chi connectivity index (χ3v) is 10.3. The largest absolute Gasteiger partial charge is 0.393 e. The highest BCUT2D eigenvalue weighted by Gasteiger charge is 2.54. The maximum absolute atomic E-state index is 11.2. The Morgan fingerprint density at radius 2 is 1.79 bits per heavy atom. The molecule has 0 amide bonds. The third-order valence-electron chi connectivity index (χ3n) is 8.55. The summed E-state index contributed by atoms with van der Waals surface area (Å²) in [5.41, 5.74) is 3.58. The van der Waals surface area contributed by atoms with Crippen molar-refractivity contribution in [3.05, 3.63) is 11.1 Å². The molecular weight excluding hydrogens is 376 g/mol. The molecule has 0 spiro atoms. The summed E-state index contributed by atoms with van der Waals surface area (Å²) >= 11 is 0. The molecule has 0 radical (unpaired) electrons. The summed E-state index contributed by atoms with van der Waals surface area (Å²) < 4.78 is 12.6. The van der Waals surface area contributed by atoms with E-state index in [1.807, 2.05) is 0 Å². The monoisotopic (exact) mass is 422 g/mol. The summed E-state index contributed by atoms with van der Waals surface area (Å²) in [5.74, 6) is 0.681. The van der Waals surface area contributed by atoms with Gasteiger partial charge >= 0.3 is 0 Å². The lowest BCUT2D eigenvalue weighted by Crippen LogP contribution is -2.55. The Morgan fingerprint density at radius 3 is 2.48 bits per heavy atom. The van der Waals surface area contributed by atoms with Crippen LogP contribution in [0.1, 0.15) is 72.6 Å². The number of fused-ring (bicyclic) bond motifs is 3. The van der Waals surface area contributed by atoms with Crippen LogP contribution >= 0.6 is 0 Å². The van der Waals surface area contributed by atoms with Gasteiger partial charge in [-0.2, -0.15) is 0 Å². The average molecular weight is 423 g/mol. The van der Waals surface area contributed by atoms with Gasteiger partial charge in [0.1, 0.15) is 6.79 Å². The molecule has 168 valence electrons. The summed E-state index contributed by atoms with van der Waals surface area (Å²) in [6, 6.07) is 1.17. The van der Waals surface area contributed by atoms with E-state index < -0.39 is 8.07 Å². The Hall–Kier alpha value is -0.163. The molecular formula is C25H46O3Si. The summed E-state index contributed by atoms with van der Waals surface area (Å²) in [5, 5.41) is 11.2. The fourth-order valence-electron chi connectivity index (χ4n) is 6.65. The van der Waals surface area contributed by atoms with Crippen molar-refractivity contribution >= 4 is 8.07 Å². The Bertz CT molecular complexity index is 606. The molecule has 2 fully saturated rings. The van der Waals surface area contributed by atoms with Crippen molar-refractivity contribution in [2.75, 3.05) is 13.4 Å². The van der Waals surface area contributed by atoms with Crippen LogP contribution in [0.3, 0.4) is 0 Å². The first-order valence-corrected chi connectivity index (χ1v) is 15.7. The van der Waals surface area contributed by atoms with Crippen LogP contribution < -0.4 is 0 Å². The minimum absolute atomic E-state index is 0.0839. The second-order valence-corrected chi connectivity index (χ2v) is 17.9. The molecule has 0 aromatic rings. The third kappa shape index (κ3) is 5.02. The highest BCUT2D eigenvalue weighted by atomic mass is 28.3. The molecule has 0 aromatic carbocycles. The van der Waals surface area contributed by atoms with Crippen molar-refractivity contribution in [3.8, 4) is 0 Å². The van der Waals surface area contributed by atoms with Gasteiger partial charge < -0.3 is 14.6 Å². The number of hydrogen-bond donors (Lipinski definition) is 1. The van der Waals surface area contributed by atoms with Crippen molar-refractivity contribution in [2.24, 2.45) is 22.7 Å². The van der Waals surface area contributed by atoms with E-state index in [0.29, 0.717) is 12.7 Å². The zero-order valence-corrected chi connectivity index (χ0v) is 21.1. The summed E-state index contributed by atoms with van der Waals surface area (Å²) in [6.07, 6.45) is 7.82. The molecule has 1 N–H and O–H groups in total. The van der Waals surface area contributed by atoms with E-state index in [4.69, 9.17) is 9.47 Å². The van der Waals surface area contributed by atoms with E-state index in [1.165, 1.54) is 38.1 Å². The van der Waals surface area contributed by atoms with Crippen molar-refractivity contribution < 1.29 is 14.6 Å². The Balaban J connectivity index is 1.84. The number of rotatable bonds is 6. The van der Waals surface area contributed by atoms with Crippen molar-refractivity contribution in [1.29, 1.82) is 0 Å². The predicted molar refractivity (Wildman–Crippen MR) is 124 cm³/mol. The van der Waals surface area contributed by atoms with Crippen LogP contribution in [0.5, 0.6) is 0 Å². The van der Waals surface area contributed by atoms with Crippen molar-refractivity contribution in [3.63, 3.8) is 0 Å². The molecule has 5 atom stereocenters.